The molecule has 1 amide bonds. The molecule has 2 aromatic heterocycles. The average Bonchev–Trinajstić information content (AvgIpc) is 2.63. The number of piperidine rings is 1. The number of amides is 1. The van der Waals surface area contributed by atoms with Crippen LogP contribution in [-0.4, -0.2) is 35.5 Å². The van der Waals surface area contributed by atoms with Crippen LogP contribution >= 0.6 is 11.6 Å². The Bertz CT molecular complexity index is 686. The summed E-state index contributed by atoms with van der Waals surface area (Å²) in [6.07, 6.45) is 5.39. The molecule has 3 rings (SSSR count). The molecule has 0 spiro atoms. The molecule has 3 N–H and O–H groups in total. The van der Waals surface area contributed by atoms with Crippen LogP contribution in [0, 0.1) is 5.92 Å². The van der Waals surface area contributed by atoms with Gasteiger partial charge in [0.15, 0.2) is 5.69 Å². The van der Waals surface area contributed by atoms with Crippen molar-refractivity contribution in [2.24, 2.45) is 5.92 Å². The first-order valence-corrected chi connectivity index (χ1v) is 8.42. The van der Waals surface area contributed by atoms with Gasteiger partial charge in [-0.2, -0.15) is 0 Å². The maximum atomic E-state index is 12.5. The van der Waals surface area contributed by atoms with Gasteiger partial charge < -0.3 is 16.0 Å². The molecule has 1 aliphatic heterocycles. The van der Waals surface area contributed by atoms with Crippen molar-refractivity contribution in [3.8, 4) is 0 Å². The number of aromatic nitrogens is 2. The molecular formula is C17H20ClN5O. The summed E-state index contributed by atoms with van der Waals surface area (Å²) in [6, 6.07) is 7.03. The number of carbonyl (C=O) groups excluding carboxylic acids is 1. The van der Waals surface area contributed by atoms with Crippen LogP contribution < -0.4 is 16.0 Å². The molecule has 24 heavy (non-hydrogen) atoms. The zero-order valence-corrected chi connectivity index (χ0v) is 14.0. The standard InChI is InChI=1S/C17H20ClN5O/c18-13-3-4-15(22-11-13)23-17(24)16-14(2-1-7-20-16)21-10-12-5-8-19-9-6-12/h1-4,7,11-12,19,21H,5-6,8-10H2,(H,22,23,24). The van der Waals surface area contributed by atoms with E-state index in [-0.39, 0.29) is 5.91 Å². The molecule has 0 aliphatic carbocycles. The van der Waals surface area contributed by atoms with Crippen molar-refractivity contribution in [1.29, 1.82) is 0 Å². The Kier molecular flexibility index (Phi) is 5.61. The molecule has 0 aromatic carbocycles. The normalized spacial score (nSPS) is 15.0. The van der Waals surface area contributed by atoms with Crippen LogP contribution in [0.1, 0.15) is 23.3 Å². The van der Waals surface area contributed by atoms with Gasteiger partial charge in [-0.05, 0) is 56.1 Å². The summed E-state index contributed by atoms with van der Waals surface area (Å²) < 4.78 is 0. The molecule has 1 fully saturated rings. The van der Waals surface area contributed by atoms with Gasteiger partial charge >= 0.3 is 0 Å². The van der Waals surface area contributed by atoms with Gasteiger partial charge in [0.05, 0.1) is 10.7 Å². The van der Waals surface area contributed by atoms with Gasteiger partial charge in [-0.3, -0.25) is 4.79 Å². The largest absolute Gasteiger partial charge is 0.383 e. The second-order valence-electron chi connectivity index (χ2n) is 5.79. The summed E-state index contributed by atoms with van der Waals surface area (Å²) in [5.74, 6) is 0.762. The number of nitrogens with zero attached hydrogens (tertiary/aromatic N) is 2. The third kappa shape index (κ3) is 4.43. The summed E-state index contributed by atoms with van der Waals surface area (Å²) >= 11 is 5.80. The second kappa shape index (κ2) is 8.08. The lowest BCUT2D eigenvalue weighted by atomic mass is 9.98. The highest BCUT2D eigenvalue weighted by Crippen LogP contribution is 2.18. The molecule has 2 aromatic rings. The van der Waals surface area contributed by atoms with Crippen LogP contribution in [0.2, 0.25) is 5.02 Å². The van der Waals surface area contributed by atoms with E-state index in [0.29, 0.717) is 22.5 Å². The smallest absolute Gasteiger partial charge is 0.277 e. The van der Waals surface area contributed by atoms with Crippen molar-refractivity contribution < 1.29 is 4.79 Å². The van der Waals surface area contributed by atoms with Crippen molar-refractivity contribution >= 4 is 29.0 Å². The van der Waals surface area contributed by atoms with Crippen molar-refractivity contribution in [3.63, 3.8) is 0 Å². The first-order chi connectivity index (χ1) is 11.7. The maximum absolute atomic E-state index is 12.5. The molecule has 6 nitrogen and oxygen atoms in total. The number of anilines is 2. The van der Waals surface area contributed by atoms with E-state index in [1.54, 1.807) is 18.3 Å². The molecule has 0 radical (unpaired) electrons. The molecule has 1 aliphatic rings. The number of nitrogens with one attached hydrogen (secondary N) is 3. The first kappa shape index (κ1) is 16.7. The first-order valence-electron chi connectivity index (χ1n) is 8.05. The Morgan fingerprint density at radius 1 is 1.25 bits per heavy atom. The molecule has 126 valence electrons. The van der Waals surface area contributed by atoms with Crippen LogP contribution in [0.25, 0.3) is 0 Å². The Labute approximate surface area is 146 Å². The van der Waals surface area contributed by atoms with Gasteiger partial charge in [0.25, 0.3) is 5.91 Å². The van der Waals surface area contributed by atoms with Gasteiger partial charge in [-0.1, -0.05) is 11.6 Å². The van der Waals surface area contributed by atoms with Gasteiger partial charge in [-0.25, -0.2) is 9.97 Å². The van der Waals surface area contributed by atoms with Crippen LogP contribution in [0.15, 0.2) is 36.7 Å². The number of pyridine rings is 2. The van der Waals surface area contributed by atoms with Crippen LogP contribution in [0.4, 0.5) is 11.5 Å². The van der Waals surface area contributed by atoms with Crippen LogP contribution in [0.5, 0.6) is 0 Å². The molecule has 0 saturated carbocycles. The lowest BCUT2D eigenvalue weighted by Gasteiger charge is -2.23. The van der Waals surface area contributed by atoms with Crippen LogP contribution in [0.3, 0.4) is 0 Å². The summed E-state index contributed by atoms with van der Waals surface area (Å²) in [5.41, 5.74) is 1.10. The minimum atomic E-state index is -0.293. The predicted octanol–water partition coefficient (Wildman–Crippen LogP) is 2.79. The fraction of sp³-hybridized carbons (Fsp3) is 0.353. The van der Waals surface area contributed by atoms with Gasteiger partial charge in [-0.15, -0.1) is 0 Å². The third-order valence-corrected chi connectivity index (χ3v) is 4.26. The predicted molar refractivity (Wildman–Crippen MR) is 95.5 cm³/mol. The van der Waals surface area contributed by atoms with Gasteiger partial charge in [0.2, 0.25) is 0 Å². The minimum absolute atomic E-state index is 0.293. The van der Waals surface area contributed by atoms with Gasteiger partial charge in [0, 0.05) is 18.9 Å². The highest BCUT2D eigenvalue weighted by molar-refractivity contribution is 6.30. The van der Waals surface area contributed by atoms with Crippen LogP contribution in [-0.2, 0) is 0 Å². The quantitative estimate of drug-likeness (QED) is 0.776. The Morgan fingerprint density at radius 2 is 2.08 bits per heavy atom. The van der Waals surface area contributed by atoms with E-state index in [9.17, 15) is 4.79 Å². The highest BCUT2D eigenvalue weighted by Gasteiger charge is 2.16. The summed E-state index contributed by atoms with van der Waals surface area (Å²) in [7, 11) is 0. The molecule has 0 atom stereocenters. The Hall–Kier alpha value is -2.18. The van der Waals surface area contributed by atoms with Gasteiger partial charge in [0.1, 0.15) is 5.82 Å². The zero-order chi connectivity index (χ0) is 16.8. The minimum Gasteiger partial charge on any atom is -0.383 e. The topological polar surface area (TPSA) is 78.9 Å². The fourth-order valence-electron chi connectivity index (χ4n) is 2.69. The molecule has 0 bridgehead atoms. The van der Waals surface area contributed by atoms with E-state index in [2.05, 4.69) is 25.9 Å². The summed E-state index contributed by atoms with van der Waals surface area (Å²) in [5, 5.41) is 9.99. The third-order valence-electron chi connectivity index (χ3n) is 4.03. The summed E-state index contributed by atoms with van der Waals surface area (Å²) in [6.45, 7) is 2.94. The van der Waals surface area contributed by atoms with Crippen molar-refractivity contribution in [2.45, 2.75) is 12.8 Å². The Morgan fingerprint density at radius 3 is 2.83 bits per heavy atom. The molecule has 7 heteroatoms. The van der Waals surface area contributed by atoms with E-state index in [1.807, 2.05) is 12.1 Å². The van der Waals surface area contributed by atoms with E-state index in [1.165, 1.54) is 6.20 Å². The zero-order valence-electron chi connectivity index (χ0n) is 13.3. The second-order valence-corrected chi connectivity index (χ2v) is 6.23. The lowest BCUT2D eigenvalue weighted by Crippen LogP contribution is -2.31. The molecule has 0 unspecified atom stereocenters. The number of rotatable bonds is 5. The van der Waals surface area contributed by atoms with E-state index < -0.39 is 0 Å². The summed E-state index contributed by atoms with van der Waals surface area (Å²) in [4.78, 5) is 20.8. The van der Waals surface area contributed by atoms with Crippen molar-refractivity contribution in [1.82, 2.24) is 15.3 Å². The van der Waals surface area contributed by atoms with E-state index in [0.717, 1.165) is 38.2 Å². The Balaban J connectivity index is 1.66. The fourth-order valence-corrected chi connectivity index (χ4v) is 2.81. The number of hydrogen-bond donors (Lipinski definition) is 3. The highest BCUT2D eigenvalue weighted by atomic mass is 35.5. The van der Waals surface area contributed by atoms with E-state index in [4.69, 9.17) is 11.6 Å². The average molecular weight is 346 g/mol. The maximum Gasteiger partial charge on any atom is 0.277 e. The molecule has 3 heterocycles. The number of carbonyl (C=O) groups is 1. The number of halogens is 1. The molecular weight excluding hydrogens is 326 g/mol. The monoisotopic (exact) mass is 345 g/mol. The SMILES string of the molecule is O=C(Nc1ccc(Cl)cn1)c1ncccc1NCC1CCNCC1. The van der Waals surface area contributed by atoms with Crippen molar-refractivity contribution in [3.05, 3.63) is 47.4 Å². The van der Waals surface area contributed by atoms with E-state index >= 15 is 0 Å². The van der Waals surface area contributed by atoms with Crippen molar-refractivity contribution in [2.75, 3.05) is 30.3 Å². The number of hydrogen-bond acceptors (Lipinski definition) is 5. The molecule has 1 saturated heterocycles. The lowest BCUT2D eigenvalue weighted by molar-refractivity contribution is 0.102.